The molecule has 1 rings (SSSR count). The van der Waals surface area contributed by atoms with E-state index in [4.69, 9.17) is 6.90 Å². The van der Waals surface area contributed by atoms with E-state index in [2.05, 4.69) is 19.5 Å². The maximum absolute atomic E-state index is 13.0. The van der Waals surface area contributed by atoms with E-state index < -0.39 is 46.1 Å². The first kappa shape index (κ1) is 20.6. The molecule has 0 aliphatic heterocycles. The number of rotatable bonds is 8. The highest BCUT2D eigenvalue weighted by molar-refractivity contribution is 7.90. The topological polar surface area (TPSA) is 140 Å². The largest absolute Gasteiger partial charge is 0.517 e. The average molecular weight is 414 g/mol. The fraction of sp³-hybridized carbons (Fsp3) is 0.538. The second kappa shape index (κ2) is 8.77. The van der Waals surface area contributed by atoms with Crippen molar-refractivity contribution < 1.29 is 42.0 Å². The Kier molecular flexibility index (Phi) is 6.69. The lowest BCUT2D eigenvalue weighted by molar-refractivity contribution is -0.141. The number of ether oxygens (including phenoxy) is 2. The SMILES string of the molecule is [3H][C@H](N=[N+]=[N-])c1c(CC(=O)OC)c(CCC(=O)OC)cn1S(=O)(=O)C(F)(F)F. The smallest absolute Gasteiger partial charge is 0.469 e. The van der Waals surface area contributed by atoms with Crippen molar-refractivity contribution in [1.82, 2.24) is 3.97 Å². The van der Waals surface area contributed by atoms with Gasteiger partial charge in [-0.25, -0.2) is 3.97 Å². The third-order valence-electron chi connectivity index (χ3n) is 3.37. The van der Waals surface area contributed by atoms with Gasteiger partial charge in [-0.1, -0.05) is 5.11 Å². The van der Waals surface area contributed by atoms with Gasteiger partial charge in [-0.15, -0.1) is 0 Å². The predicted octanol–water partition coefficient (Wildman–Crippen LogP) is 1.82. The van der Waals surface area contributed by atoms with Crippen molar-refractivity contribution >= 4 is 22.0 Å². The van der Waals surface area contributed by atoms with E-state index in [9.17, 15) is 31.2 Å². The van der Waals surface area contributed by atoms with Gasteiger partial charge in [-0.05, 0) is 23.1 Å². The Balaban J connectivity index is 3.76. The van der Waals surface area contributed by atoms with E-state index in [1.807, 2.05) is 0 Å². The van der Waals surface area contributed by atoms with Crippen LogP contribution in [0.2, 0.25) is 0 Å². The van der Waals surface area contributed by atoms with E-state index in [-0.39, 0.29) is 27.9 Å². The highest BCUT2D eigenvalue weighted by atomic mass is 32.2. The van der Waals surface area contributed by atoms with Gasteiger partial charge in [-0.2, -0.15) is 21.6 Å². The van der Waals surface area contributed by atoms with E-state index in [1.165, 1.54) is 0 Å². The van der Waals surface area contributed by atoms with Gasteiger partial charge in [0.25, 0.3) is 0 Å². The van der Waals surface area contributed by atoms with E-state index in [1.54, 1.807) is 0 Å². The van der Waals surface area contributed by atoms with Gasteiger partial charge in [-0.3, -0.25) is 9.59 Å². The number of hydrogen-bond acceptors (Lipinski definition) is 7. The fourth-order valence-corrected chi connectivity index (χ4v) is 2.99. The second-order valence-corrected chi connectivity index (χ2v) is 6.73. The molecule has 0 saturated carbocycles. The Labute approximate surface area is 152 Å². The monoisotopic (exact) mass is 414 g/mol. The molecule has 14 heteroatoms. The third-order valence-corrected chi connectivity index (χ3v) is 4.77. The number of halogens is 3. The second-order valence-electron chi connectivity index (χ2n) is 4.93. The number of aromatic nitrogens is 1. The number of nitrogens with zero attached hydrogens (tertiary/aromatic N) is 4. The number of carbonyl (C=O) groups is 2. The van der Waals surface area contributed by atoms with Crippen molar-refractivity contribution in [3.8, 4) is 0 Å². The molecule has 0 radical (unpaired) electrons. The predicted molar refractivity (Wildman–Crippen MR) is 83.7 cm³/mol. The molecule has 0 N–H and O–H groups in total. The van der Waals surface area contributed by atoms with Crippen LogP contribution < -0.4 is 0 Å². The minimum Gasteiger partial charge on any atom is -0.469 e. The normalized spacial score (nSPS) is 13.3. The van der Waals surface area contributed by atoms with Gasteiger partial charge in [0.1, 0.15) is 0 Å². The van der Waals surface area contributed by atoms with Crippen molar-refractivity contribution in [3.63, 3.8) is 0 Å². The molecule has 0 aromatic carbocycles. The molecule has 0 aliphatic carbocycles. The molecule has 0 unspecified atom stereocenters. The van der Waals surface area contributed by atoms with Gasteiger partial charge >= 0.3 is 27.5 Å². The summed E-state index contributed by atoms with van der Waals surface area (Å²) in [6.45, 7) is -2.12. The molecular weight excluding hydrogens is 397 g/mol. The summed E-state index contributed by atoms with van der Waals surface area (Å²) in [6.07, 6.45) is -0.813. The minimum absolute atomic E-state index is 0.149. The molecule has 0 aliphatic rings. The summed E-state index contributed by atoms with van der Waals surface area (Å²) in [5.74, 6) is -1.69. The molecule has 10 nitrogen and oxygen atoms in total. The number of aryl methyl sites for hydroxylation is 1. The molecule has 0 amide bonds. The summed E-state index contributed by atoms with van der Waals surface area (Å²) in [5, 5.41) is 2.92. The average Bonchev–Trinajstić information content (AvgIpc) is 2.97. The maximum Gasteiger partial charge on any atom is 0.517 e. The van der Waals surface area contributed by atoms with Crippen molar-refractivity contribution in [1.29, 1.82) is 0 Å². The van der Waals surface area contributed by atoms with Gasteiger partial charge in [0.2, 0.25) is 0 Å². The summed E-state index contributed by atoms with van der Waals surface area (Å²) in [5.41, 5.74) is 1.41. The van der Waals surface area contributed by atoms with Crippen LogP contribution in [0.25, 0.3) is 10.4 Å². The molecule has 0 spiro atoms. The standard InChI is InChI=1S/C13H15F3N4O6S/c1-25-11(21)4-3-8-7-20(27(23,24)13(14,15)16)10(6-18-19-17)9(8)5-12(22)26-2/h7H,3-6H2,1-2H3/i6T/t6-/m0/s1. The Morgan fingerprint density at radius 2 is 1.93 bits per heavy atom. The zero-order valence-corrected chi connectivity index (χ0v) is 14.9. The lowest BCUT2D eigenvalue weighted by atomic mass is 10.0. The molecule has 1 aromatic rings. The molecule has 1 aromatic heterocycles. The van der Waals surface area contributed by atoms with Crippen LogP contribution in [-0.4, -0.2) is 44.1 Å². The van der Waals surface area contributed by atoms with Crippen LogP contribution in [0.15, 0.2) is 11.3 Å². The van der Waals surface area contributed by atoms with Crippen LogP contribution in [0.1, 0.15) is 24.6 Å². The summed E-state index contributed by atoms with van der Waals surface area (Å²) in [6, 6.07) is 0. The van der Waals surface area contributed by atoms with Crippen molar-refractivity contribution in [2.24, 2.45) is 5.11 Å². The van der Waals surface area contributed by atoms with Crippen molar-refractivity contribution in [2.45, 2.75) is 31.3 Å². The first-order chi connectivity index (χ1) is 12.9. The summed E-state index contributed by atoms with van der Waals surface area (Å²) >= 11 is 0. The van der Waals surface area contributed by atoms with E-state index >= 15 is 0 Å². The molecule has 0 fully saturated rings. The van der Waals surface area contributed by atoms with Crippen molar-refractivity contribution in [3.05, 3.63) is 33.5 Å². The van der Waals surface area contributed by atoms with Crippen LogP contribution in [-0.2, 0) is 48.4 Å². The highest BCUT2D eigenvalue weighted by Gasteiger charge is 2.48. The zero-order valence-electron chi connectivity index (χ0n) is 15.1. The molecule has 0 saturated heterocycles. The third kappa shape index (κ3) is 5.14. The Hall–Kier alpha value is -2.73. The van der Waals surface area contributed by atoms with Crippen molar-refractivity contribution in [2.75, 3.05) is 14.2 Å². The highest BCUT2D eigenvalue weighted by Crippen LogP contribution is 2.31. The molecule has 0 bridgehead atoms. The number of azide groups is 1. The van der Waals surface area contributed by atoms with Crippen LogP contribution in [0, 0.1) is 0 Å². The van der Waals surface area contributed by atoms with Crippen LogP contribution in [0.5, 0.6) is 0 Å². The lowest BCUT2D eigenvalue weighted by Crippen LogP contribution is -2.30. The van der Waals surface area contributed by atoms with E-state index in [0.29, 0.717) is 6.20 Å². The Bertz CT molecular complexity index is 908. The van der Waals surface area contributed by atoms with Gasteiger partial charge in [0, 0.05) is 24.6 Å². The number of esters is 2. The zero-order chi connectivity index (χ0) is 21.7. The van der Waals surface area contributed by atoms with Gasteiger partial charge in [0.05, 0.1) is 27.2 Å². The number of alkyl halides is 3. The first-order valence-corrected chi connectivity index (χ1v) is 8.49. The number of hydrogen-bond donors (Lipinski definition) is 0. The van der Waals surface area contributed by atoms with E-state index in [0.717, 1.165) is 14.2 Å². The Morgan fingerprint density at radius 1 is 1.33 bits per heavy atom. The summed E-state index contributed by atoms with van der Waals surface area (Å²) in [4.78, 5) is 25.3. The molecule has 150 valence electrons. The molecule has 27 heavy (non-hydrogen) atoms. The Morgan fingerprint density at radius 3 is 2.41 bits per heavy atom. The van der Waals surface area contributed by atoms with Gasteiger partial charge in [0.15, 0.2) is 0 Å². The molecule has 1 heterocycles. The molecule has 1 atom stereocenters. The number of methoxy groups -OCH3 is 2. The van der Waals surface area contributed by atoms with Crippen LogP contribution >= 0.6 is 0 Å². The quantitative estimate of drug-likeness (QED) is 0.275. The maximum atomic E-state index is 13.0. The molecular formula is C13H15F3N4O6S. The van der Waals surface area contributed by atoms with Gasteiger partial charge < -0.3 is 9.47 Å². The lowest BCUT2D eigenvalue weighted by Gasteiger charge is -2.12. The van der Waals surface area contributed by atoms with Crippen LogP contribution in [0.4, 0.5) is 13.2 Å². The summed E-state index contributed by atoms with van der Waals surface area (Å²) in [7, 11) is -3.95. The summed E-state index contributed by atoms with van der Waals surface area (Å²) < 4.78 is 79.3. The fourth-order valence-electron chi connectivity index (χ4n) is 2.09. The first-order valence-electron chi connectivity index (χ1n) is 7.63. The number of carbonyl (C=O) groups excluding carboxylic acids is 2. The van der Waals surface area contributed by atoms with Crippen LogP contribution in [0.3, 0.4) is 0 Å². The minimum atomic E-state index is -6.01.